The van der Waals surface area contributed by atoms with Crippen molar-refractivity contribution in [3.63, 3.8) is 0 Å². The molecule has 0 N–H and O–H groups in total. The Labute approximate surface area is 112 Å². The van der Waals surface area contributed by atoms with E-state index in [2.05, 4.69) is 30.6 Å². The molecule has 3 heteroatoms. The van der Waals surface area contributed by atoms with Crippen molar-refractivity contribution in [3.05, 3.63) is 0 Å². The summed E-state index contributed by atoms with van der Waals surface area (Å²) in [5.74, 6) is 0.358. The standard InChI is InChI=1S/C15H28N2O/c1-15(2,3)13-8-4-5-11-17(13)14(18)12-16-9-6-7-10-16/h13H,4-12H2,1-3H3. The molecule has 2 heterocycles. The van der Waals surface area contributed by atoms with Crippen molar-refractivity contribution in [2.75, 3.05) is 26.2 Å². The predicted molar refractivity (Wildman–Crippen MR) is 74.5 cm³/mol. The van der Waals surface area contributed by atoms with Crippen molar-refractivity contribution in [3.8, 4) is 0 Å². The normalized spacial score (nSPS) is 26.6. The minimum Gasteiger partial charge on any atom is -0.338 e. The first-order valence-electron chi connectivity index (χ1n) is 7.50. The number of carbonyl (C=O) groups excluding carboxylic acids is 1. The Kier molecular flexibility index (Phi) is 4.31. The highest BCUT2D eigenvalue weighted by atomic mass is 16.2. The fourth-order valence-electron chi connectivity index (χ4n) is 3.35. The third-order valence-corrected chi connectivity index (χ3v) is 4.38. The summed E-state index contributed by atoms with van der Waals surface area (Å²) < 4.78 is 0. The molecule has 2 saturated heterocycles. The molecule has 0 aromatic rings. The largest absolute Gasteiger partial charge is 0.338 e. The highest BCUT2D eigenvalue weighted by Crippen LogP contribution is 2.32. The summed E-state index contributed by atoms with van der Waals surface area (Å²) in [5, 5.41) is 0. The molecule has 2 rings (SSSR count). The van der Waals surface area contributed by atoms with Gasteiger partial charge in [0.2, 0.25) is 5.91 Å². The summed E-state index contributed by atoms with van der Waals surface area (Å²) in [7, 11) is 0. The van der Waals surface area contributed by atoms with E-state index in [9.17, 15) is 4.79 Å². The van der Waals surface area contributed by atoms with E-state index in [4.69, 9.17) is 0 Å². The highest BCUT2D eigenvalue weighted by molar-refractivity contribution is 5.78. The number of piperidine rings is 1. The fourth-order valence-corrected chi connectivity index (χ4v) is 3.35. The lowest BCUT2D eigenvalue weighted by Gasteiger charge is -2.44. The molecule has 0 bridgehead atoms. The summed E-state index contributed by atoms with van der Waals surface area (Å²) in [6, 6.07) is 0.432. The molecular formula is C15H28N2O. The molecule has 0 spiro atoms. The third-order valence-electron chi connectivity index (χ3n) is 4.38. The van der Waals surface area contributed by atoms with E-state index >= 15 is 0 Å². The molecule has 0 aromatic carbocycles. The zero-order valence-corrected chi connectivity index (χ0v) is 12.2. The second kappa shape index (κ2) is 5.60. The van der Waals surface area contributed by atoms with Gasteiger partial charge in [0.1, 0.15) is 0 Å². The minimum atomic E-state index is 0.209. The lowest BCUT2D eigenvalue weighted by Crippen LogP contribution is -2.52. The number of hydrogen-bond donors (Lipinski definition) is 0. The van der Waals surface area contributed by atoms with Crippen LogP contribution in [0, 0.1) is 5.41 Å². The van der Waals surface area contributed by atoms with Gasteiger partial charge in [-0.2, -0.15) is 0 Å². The molecule has 0 saturated carbocycles. The van der Waals surface area contributed by atoms with E-state index in [0.29, 0.717) is 18.5 Å². The maximum absolute atomic E-state index is 12.5. The zero-order chi connectivity index (χ0) is 13.2. The Morgan fingerprint density at radius 1 is 1.06 bits per heavy atom. The summed E-state index contributed by atoms with van der Waals surface area (Å²) in [6.45, 7) is 10.6. The maximum atomic E-state index is 12.5. The molecule has 3 nitrogen and oxygen atoms in total. The van der Waals surface area contributed by atoms with Crippen molar-refractivity contribution in [1.82, 2.24) is 9.80 Å². The Morgan fingerprint density at radius 2 is 1.67 bits per heavy atom. The van der Waals surface area contributed by atoms with Crippen LogP contribution in [0.15, 0.2) is 0 Å². The van der Waals surface area contributed by atoms with Gasteiger partial charge < -0.3 is 4.90 Å². The third kappa shape index (κ3) is 3.25. The highest BCUT2D eigenvalue weighted by Gasteiger charge is 2.35. The van der Waals surface area contributed by atoms with Gasteiger partial charge in [0.25, 0.3) is 0 Å². The number of nitrogens with zero attached hydrogens (tertiary/aromatic N) is 2. The molecule has 0 aromatic heterocycles. The minimum absolute atomic E-state index is 0.209. The molecule has 1 atom stereocenters. The SMILES string of the molecule is CC(C)(C)C1CCCCN1C(=O)CN1CCCC1. The fraction of sp³-hybridized carbons (Fsp3) is 0.933. The molecule has 0 aliphatic carbocycles. The first-order valence-corrected chi connectivity index (χ1v) is 7.50. The quantitative estimate of drug-likeness (QED) is 0.754. The zero-order valence-electron chi connectivity index (χ0n) is 12.2. The number of carbonyl (C=O) groups is 1. The first kappa shape index (κ1) is 13.9. The van der Waals surface area contributed by atoms with Crippen LogP contribution in [0.4, 0.5) is 0 Å². The van der Waals surface area contributed by atoms with E-state index < -0.39 is 0 Å². The van der Waals surface area contributed by atoms with Gasteiger partial charge in [0.15, 0.2) is 0 Å². The van der Waals surface area contributed by atoms with Crippen LogP contribution < -0.4 is 0 Å². The monoisotopic (exact) mass is 252 g/mol. The lowest BCUT2D eigenvalue weighted by atomic mass is 9.80. The van der Waals surface area contributed by atoms with Crippen LogP contribution >= 0.6 is 0 Å². The van der Waals surface area contributed by atoms with Crippen LogP contribution in [0.3, 0.4) is 0 Å². The predicted octanol–water partition coefficient (Wildman–Crippen LogP) is 2.51. The summed E-state index contributed by atoms with van der Waals surface area (Å²) in [6.07, 6.45) is 6.15. The molecule has 2 aliphatic rings. The van der Waals surface area contributed by atoms with E-state index in [0.717, 1.165) is 19.6 Å². The maximum Gasteiger partial charge on any atom is 0.237 e. The molecule has 104 valence electrons. The number of likely N-dealkylation sites (tertiary alicyclic amines) is 2. The van der Waals surface area contributed by atoms with E-state index in [1.165, 1.54) is 32.1 Å². The van der Waals surface area contributed by atoms with Crippen LogP contribution in [0.1, 0.15) is 52.9 Å². The average molecular weight is 252 g/mol. The van der Waals surface area contributed by atoms with Crippen molar-refractivity contribution >= 4 is 5.91 Å². The Hall–Kier alpha value is -0.570. The molecule has 0 radical (unpaired) electrons. The molecular weight excluding hydrogens is 224 g/mol. The van der Waals surface area contributed by atoms with E-state index in [1.54, 1.807) is 0 Å². The van der Waals surface area contributed by atoms with Crippen LogP contribution in [0.25, 0.3) is 0 Å². The average Bonchev–Trinajstić information content (AvgIpc) is 2.80. The second-order valence-electron chi connectivity index (χ2n) is 6.95. The van der Waals surface area contributed by atoms with Crippen molar-refractivity contribution in [2.45, 2.75) is 58.9 Å². The van der Waals surface area contributed by atoms with Gasteiger partial charge in [-0.15, -0.1) is 0 Å². The topological polar surface area (TPSA) is 23.6 Å². The lowest BCUT2D eigenvalue weighted by molar-refractivity contribution is -0.138. The molecule has 18 heavy (non-hydrogen) atoms. The van der Waals surface area contributed by atoms with Gasteiger partial charge in [-0.05, 0) is 50.6 Å². The van der Waals surface area contributed by atoms with Crippen LogP contribution in [-0.4, -0.2) is 47.9 Å². The Balaban J connectivity index is 1.97. The van der Waals surface area contributed by atoms with Crippen molar-refractivity contribution in [1.29, 1.82) is 0 Å². The van der Waals surface area contributed by atoms with E-state index in [-0.39, 0.29) is 5.41 Å². The van der Waals surface area contributed by atoms with Crippen LogP contribution in [0.5, 0.6) is 0 Å². The van der Waals surface area contributed by atoms with Crippen molar-refractivity contribution in [2.24, 2.45) is 5.41 Å². The van der Waals surface area contributed by atoms with Crippen LogP contribution in [0.2, 0.25) is 0 Å². The smallest absolute Gasteiger partial charge is 0.237 e. The number of hydrogen-bond acceptors (Lipinski definition) is 2. The van der Waals surface area contributed by atoms with Crippen LogP contribution in [-0.2, 0) is 4.79 Å². The summed E-state index contributed by atoms with van der Waals surface area (Å²) in [4.78, 5) is 17.0. The Bertz CT molecular complexity index is 289. The number of rotatable bonds is 2. The summed E-state index contributed by atoms with van der Waals surface area (Å²) >= 11 is 0. The van der Waals surface area contributed by atoms with Crippen molar-refractivity contribution < 1.29 is 4.79 Å². The van der Waals surface area contributed by atoms with Gasteiger partial charge in [0, 0.05) is 12.6 Å². The van der Waals surface area contributed by atoms with Gasteiger partial charge in [-0.3, -0.25) is 9.69 Å². The molecule has 2 fully saturated rings. The number of amides is 1. The van der Waals surface area contributed by atoms with Gasteiger partial charge in [0.05, 0.1) is 6.54 Å². The molecule has 1 amide bonds. The summed E-state index contributed by atoms with van der Waals surface area (Å²) in [5.41, 5.74) is 0.209. The second-order valence-corrected chi connectivity index (χ2v) is 6.95. The van der Waals surface area contributed by atoms with Gasteiger partial charge >= 0.3 is 0 Å². The van der Waals surface area contributed by atoms with Gasteiger partial charge in [-0.25, -0.2) is 0 Å². The van der Waals surface area contributed by atoms with Gasteiger partial charge in [-0.1, -0.05) is 20.8 Å². The Morgan fingerprint density at radius 3 is 2.28 bits per heavy atom. The first-order chi connectivity index (χ1) is 8.48. The van der Waals surface area contributed by atoms with E-state index in [1.807, 2.05) is 0 Å². The molecule has 1 unspecified atom stereocenters. The molecule has 2 aliphatic heterocycles.